The molecule has 17 heavy (non-hydrogen) atoms. The van der Waals surface area contributed by atoms with Gasteiger partial charge in [-0.1, -0.05) is 6.42 Å². The third-order valence-electron chi connectivity index (χ3n) is 3.76. The normalized spacial score (nSPS) is 25.8. The summed E-state index contributed by atoms with van der Waals surface area (Å²) in [6.07, 6.45) is 3.54. The molecule has 3 unspecified atom stereocenters. The summed E-state index contributed by atoms with van der Waals surface area (Å²) < 4.78 is 5.03. The summed E-state index contributed by atoms with van der Waals surface area (Å²) in [5, 5.41) is 13.1. The lowest BCUT2D eigenvalue weighted by molar-refractivity contribution is 0.0247. The Labute approximate surface area is 105 Å². The highest BCUT2D eigenvalue weighted by molar-refractivity contribution is 4.84. The Hall–Kier alpha value is -0.160. The fourth-order valence-corrected chi connectivity index (χ4v) is 2.50. The first kappa shape index (κ1) is 14.9. The Morgan fingerprint density at radius 2 is 2.18 bits per heavy atom. The number of hydrogen-bond acceptors (Lipinski definition) is 4. The number of methoxy groups -OCH3 is 1. The number of rotatable bonds is 7. The van der Waals surface area contributed by atoms with Gasteiger partial charge in [-0.25, -0.2) is 0 Å². The van der Waals surface area contributed by atoms with Crippen LogP contribution in [-0.4, -0.2) is 61.5 Å². The van der Waals surface area contributed by atoms with Crippen molar-refractivity contribution in [2.24, 2.45) is 0 Å². The number of ether oxygens (including phenoxy) is 1. The third kappa shape index (κ3) is 4.92. The number of nitrogens with zero attached hydrogens (tertiary/aromatic N) is 1. The van der Waals surface area contributed by atoms with Gasteiger partial charge in [-0.15, -0.1) is 0 Å². The van der Waals surface area contributed by atoms with Gasteiger partial charge in [0, 0.05) is 32.3 Å². The fourth-order valence-electron chi connectivity index (χ4n) is 2.50. The van der Waals surface area contributed by atoms with E-state index in [1.165, 1.54) is 19.3 Å². The van der Waals surface area contributed by atoms with Gasteiger partial charge in [0.05, 0.1) is 12.7 Å². The topological polar surface area (TPSA) is 44.7 Å². The maximum atomic E-state index is 9.72. The summed E-state index contributed by atoms with van der Waals surface area (Å²) in [7, 11) is 1.73. The van der Waals surface area contributed by atoms with Crippen molar-refractivity contribution in [2.75, 3.05) is 33.4 Å². The summed E-state index contributed by atoms with van der Waals surface area (Å²) in [5.41, 5.74) is 0. The predicted molar refractivity (Wildman–Crippen MR) is 70.2 cm³/mol. The van der Waals surface area contributed by atoms with Gasteiger partial charge in [-0.05, 0) is 33.2 Å². The van der Waals surface area contributed by atoms with Crippen molar-refractivity contribution in [1.29, 1.82) is 0 Å². The highest BCUT2D eigenvalue weighted by Gasteiger charge is 2.28. The molecule has 0 spiro atoms. The molecule has 1 heterocycles. The molecular formula is C13H28N2O2. The molecule has 1 aliphatic heterocycles. The highest BCUT2D eigenvalue weighted by atomic mass is 16.5. The quantitative estimate of drug-likeness (QED) is 0.652. The van der Waals surface area contributed by atoms with Gasteiger partial charge in [0.15, 0.2) is 0 Å². The van der Waals surface area contributed by atoms with Crippen LogP contribution in [0, 0.1) is 0 Å². The van der Waals surface area contributed by atoms with E-state index in [1.54, 1.807) is 7.11 Å². The van der Waals surface area contributed by atoms with Crippen LogP contribution in [0.2, 0.25) is 0 Å². The van der Waals surface area contributed by atoms with Gasteiger partial charge < -0.3 is 15.2 Å². The average Bonchev–Trinajstić information content (AvgIpc) is 2.34. The fraction of sp³-hybridized carbons (Fsp3) is 1.00. The van der Waals surface area contributed by atoms with Gasteiger partial charge in [-0.3, -0.25) is 4.90 Å². The van der Waals surface area contributed by atoms with Crippen LogP contribution in [0.3, 0.4) is 0 Å². The van der Waals surface area contributed by atoms with Crippen molar-refractivity contribution in [3.05, 3.63) is 0 Å². The maximum Gasteiger partial charge on any atom is 0.0664 e. The van der Waals surface area contributed by atoms with E-state index in [1.807, 2.05) is 6.92 Å². The van der Waals surface area contributed by atoms with E-state index >= 15 is 0 Å². The van der Waals surface area contributed by atoms with Crippen LogP contribution in [0.15, 0.2) is 0 Å². The van der Waals surface area contributed by atoms with Crippen LogP contribution in [-0.2, 0) is 4.74 Å². The second-order valence-electron chi connectivity index (χ2n) is 5.07. The Kier molecular flexibility index (Phi) is 7.04. The molecule has 0 aromatic rings. The van der Waals surface area contributed by atoms with Crippen LogP contribution >= 0.6 is 0 Å². The first-order valence-electron chi connectivity index (χ1n) is 6.80. The summed E-state index contributed by atoms with van der Waals surface area (Å²) in [6.45, 7) is 7.79. The predicted octanol–water partition coefficient (Wildman–Crippen LogP) is 0.846. The second-order valence-corrected chi connectivity index (χ2v) is 5.07. The molecule has 0 aromatic heterocycles. The number of piperidine rings is 1. The monoisotopic (exact) mass is 244 g/mol. The number of hydrogen-bond donors (Lipinski definition) is 2. The van der Waals surface area contributed by atoms with Gasteiger partial charge in [-0.2, -0.15) is 0 Å². The average molecular weight is 244 g/mol. The molecule has 102 valence electrons. The van der Waals surface area contributed by atoms with E-state index in [0.717, 1.165) is 26.2 Å². The largest absolute Gasteiger partial charge is 0.392 e. The molecule has 4 heteroatoms. The van der Waals surface area contributed by atoms with Crippen molar-refractivity contribution < 1.29 is 9.84 Å². The lowest BCUT2D eigenvalue weighted by atomic mass is 9.98. The number of aliphatic hydroxyl groups is 1. The van der Waals surface area contributed by atoms with Crippen LogP contribution < -0.4 is 5.32 Å². The zero-order valence-electron chi connectivity index (χ0n) is 11.5. The molecule has 0 radical (unpaired) electrons. The van der Waals surface area contributed by atoms with Crippen molar-refractivity contribution >= 4 is 0 Å². The lowest BCUT2D eigenvalue weighted by Crippen LogP contribution is -2.52. The van der Waals surface area contributed by atoms with E-state index in [0.29, 0.717) is 6.04 Å². The standard InChI is InChI=1S/C13H28N2O2/c1-11(12(2)16)15-8-5-4-6-13(15)10-14-7-9-17-3/h11-14,16H,4-10H2,1-3H3. The van der Waals surface area contributed by atoms with E-state index in [-0.39, 0.29) is 12.1 Å². The Morgan fingerprint density at radius 1 is 1.41 bits per heavy atom. The van der Waals surface area contributed by atoms with Crippen LogP contribution in [0.1, 0.15) is 33.1 Å². The van der Waals surface area contributed by atoms with Crippen molar-refractivity contribution in [3.8, 4) is 0 Å². The van der Waals surface area contributed by atoms with Crippen molar-refractivity contribution in [3.63, 3.8) is 0 Å². The minimum absolute atomic E-state index is 0.254. The lowest BCUT2D eigenvalue weighted by Gasteiger charge is -2.41. The molecule has 1 fully saturated rings. The van der Waals surface area contributed by atoms with E-state index in [9.17, 15) is 5.11 Å². The van der Waals surface area contributed by atoms with E-state index in [4.69, 9.17) is 4.74 Å². The molecule has 2 N–H and O–H groups in total. The van der Waals surface area contributed by atoms with Gasteiger partial charge >= 0.3 is 0 Å². The van der Waals surface area contributed by atoms with Crippen molar-refractivity contribution in [1.82, 2.24) is 10.2 Å². The molecule has 0 aromatic carbocycles. The summed E-state index contributed by atoms with van der Waals surface area (Å²) in [4.78, 5) is 2.45. The summed E-state index contributed by atoms with van der Waals surface area (Å²) in [5.74, 6) is 0. The summed E-state index contributed by atoms with van der Waals surface area (Å²) >= 11 is 0. The van der Waals surface area contributed by atoms with Gasteiger partial charge in [0.2, 0.25) is 0 Å². The zero-order valence-corrected chi connectivity index (χ0v) is 11.5. The molecule has 4 nitrogen and oxygen atoms in total. The van der Waals surface area contributed by atoms with E-state index in [2.05, 4.69) is 17.1 Å². The molecule has 3 atom stereocenters. The van der Waals surface area contributed by atoms with Gasteiger partial charge in [0.1, 0.15) is 0 Å². The third-order valence-corrected chi connectivity index (χ3v) is 3.76. The molecule has 1 rings (SSSR count). The molecule has 1 saturated heterocycles. The minimum atomic E-state index is -0.255. The first-order chi connectivity index (χ1) is 8.16. The highest BCUT2D eigenvalue weighted by Crippen LogP contribution is 2.20. The minimum Gasteiger partial charge on any atom is -0.392 e. The van der Waals surface area contributed by atoms with Gasteiger partial charge in [0.25, 0.3) is 0 Å². The number of likely N-dealkylation sites (tertiary alicyclic amines) is 1. The second kappa shape index (κ2) is 8.03. The van der Waals surface area contributed by atoms with E-state index < -0.39 is 0 Å². The molecule has 0 bridgehead atoms. The Bertz CT molecular complexity index is 200. The Morgan fingerprint density at radius 3 is 2.82 bits per heavy atom. The summed E-state index contributed by atoms with van der Waals surface area (Å²) in [6, 6.07) is 0.815. The maximum absolute atomic E-state index is 9.72. The van der Waals surface area contributed by atoms with Crippen LogP contribution in [0.4, 0.5) is 0 Å². The molecule has 0 aliphatic carbocycles. The number of aliphatic hydroxyl groups excluding tert-OH is 1. The van der Waals surface area contributed by atoms with Crippen LogP contribution in [0.5, 0.6) is 0 Å². The van der Waals surface area contributed by atoms with Crippen molar-refractivity contribution in [2.45, 2.75) is 51.3 Å². The first-order valence-corrected chi connectivity index (χ1v) is 6.80. The Balaban J connectivity index is 2.37. The smallest absolute Gasteiger partial charge is 0.0664 e. The van der Waals surface area contributed by atoms with Crippen LogP contribution in [0.25, 0.3) is 0 Å². The molecule has 0 saturated carbocycles. The SMILES string of the molecule is COCCNCC1CCCCN1C(C)C(C)O. The molecule has 0 amide bonds. The molecular weight excluding hydrogens is 216 g/mol. The number of nitrogens with one attached hydrogen (secondary N) is 1. The zero-order chi connectivity index (χ0) is 12.7. The molecule has 1 aliphatic rings.